The number of hydrogen-bond acceptors (Lipinski definition) is 5. The largest absolute Gasteiger partial charge is 0.380 e. The second-order valence-electron chi connectivity index (χ2n) is 6.41. The van der Waals surface area contributed by atoms with E-state index in [1.807, 2.05) is 18.2 Å². The van der Waals surface area contributed by atoms with Gasteiger partial charge in [0.1, 0.15) is 11.3 Å². The van der Waals surface area contributed by atoms with Crippen LogP contribution < -0.4 is 17.2 Å². The summed E-state index contributed by atoms with van der Waals surface area (Å²) >= 11 is 6.29. The third-order valence-corrected chi connectivity index (χ3v) is 5.22. The Bertz CT molecular complexity index is 878. The molecule has 3 atom stereocenters. The molecule has 2 aromatic rings. The van der Waals surface area contributed by atoms with E-state index in [0.717, 1.165) is 10.9 Å². The van der Waals surface area contributed by atoms with Crippen LogP contribution in [-0.2, 0) is 15.1 Å². The summed E-state index contributed by atoms with van der Waals surface area (Å²) < 4.78 is 5.43. The smallest absolute Gasteiger partial charge is 0.265 e. The first-order valence-corrected chi connectivity index (χ1v) is 8.66. The Labute approximate surface area is 156 Å². The van der Waals surface area contributed by atoms with Crippen LogP contribution in [0, 0.1) is 5.92 Å². The van der Waals surface area contributed by atoms with Gasteiger partial charge in [-0.05, 0) is 24.6 Å². The summed E-state index contributed by atoms with van der Waals surface area (Å²) in [5.74, 6) is -1.04. The molecule has 26 heavy (non-hydrogen) atoms. The van der Waals surface area contributed by atoms with Crippen molar-refractivity contribution in [3.8, 4) is 0 Å². The van der Waals surface area contributed by atoms with Gasteiger partial charge in [-0.1, -0.05) is 24.2 Å². The first-order chi connectivity index (χ1) is 12.4. The van der Waals surface area contributed by atoms with Crippen LogP contribution >= 0.6 is 11.6 Å². The van der Waals surface area contributed by atoms with Gasteiger partial charge in [-0.2, -0.15) is 0 Å². The maximum absolute atomic E-state index is 12.2. The zero-order valence-electron chi connectivity index (χ0n) is 14.2. The molecule has 0 bridgehead atoms. The molecule has 1 saturated heterocycles. The Kier molecular flexibility index (Phi) is 5.15. The minimum absolute atomic E-state index is 0.00229. The summed E-state index contributed by atoms with van der Waals surface area (Å²) in [6.07, 6.45) is 1.81. The SMILES string of the molecule is C=CN=C(C(N)=O)C(N)(c1cc2c(Cl)cccc2[nH]1)C1CCOCC1N. The number of rotatable bonds is 5. The van der Waals surface area contributed by atoms with E-state index in [-0.39, 0.29) is 17.7 Å². The fourth-order valence-electron chi connectivity index (χ4n) is 3.63. The highest BCUT2D eigenvalue weighted by Crippen LogP contribution is 2.37. The van der Waals surface area contributed by atoms with E-state index in [9.17, 15) is 4.79 Å². The van der Waals surface area contributed by atoms with Crippen molar-refractivity contribution in [1.82, 2.24) is 4.98 Å². The van der Waals surface area contributed by atoms with E-state index in [4.69, 9.17) is 33.5 Å². The molecule has 1 aliphatic heterocycles. The van der Waals surface area contributed by atoms with Crippen molar-refractivity contribution in [2.45, 2.75) is 18.0 Å². The molecule has 7 nitrogen and oxygen atoms in total. The third kappa shape index (κ3) is 3.03. The summed E-state index contributed by atoms with van der Waals surface area (Å²) in [5.41, 5.74) is 18.8. The molecular weight excluding hydrogens is 354 g/mol. The molecule has 0 aliphatic carbocycles. The Morgan fingerprint density at radius 1 is 1.50 bits per heavy atom. The Balaban J connectivity index is 2.24. The number of benzene rings is 1. The standard InChI is InChI=1S/C18H22ClN5O2/c1-2-23-16(17(21)25)18(22,11-6-7-26-9-13(11)20)15-8-10-12(19)4-3-5-14(10)24-15/h2-5,8,11,13,24H,1,6-7,9,20,22H2,(H2,21,25). The van der Waals surface area contributed by atoms with Crippen molar-refractivity contribution in [3.05, 3.63) is 47.8 Å². The van der Waals surface area contributed by atoms with Crippen LogP contribution in [0.3, 0.4) is 0 Å². The Hall–Kier alpha value is -2.19. The Morgan fingerprint density at radius 3 is 2.88 bits per heavy atom. The van der Waals surface area contributed by atoms with Crippen molar-refractivity contribution in [2.75, 3.05) is 13.2 Å². The van der Waals surface area contributed by atoms with Crippen LogP contribution in [0.2, 0.25) is 5.02 Å². The van der Waals surface area contributed by atoms with Gasteiger partial charge in [0, 0.05) is 46.4 Å². The van der Waals surface area contributed by atoms with Crippen LogP contribution in [0.1, 0.15) is 12.1 Å². The quantitative estimate of drug-likeness (QED) is 0.588. The van der Waals surface area contributed by atoms with Crippen molar-refractivity contribution < 1.29 is 9.53 Å². The highest BCUT2D eigenvalue weighted by atomic mass is 35.5. The number of aromatic amines is 1. The van der Waals surface area contributed by atoms with Gasteiger partial charge in [0.05, 0.1) is 6.61 Å². The van der Waals surface area contributed by atoms with Crippen molar-refractivity contribution in [3.63, 3.8) is 0 Å². The molecule has 2 heterocycles. The van der Waals surface area contributed by atoms with Crippen LogP contribution in [0.25, 0.3) is 10.9 Å². The topological polar surface area (TPSA) is 133 Å². The van der Waals surface area contributed by atoms with E-state index in [2.05, 4.69) is 16.6 Å². The second-order valence-corrected chi connectivity index (χ2v) is 6.82. The predicted octanol–water partition coefficient (Wildman–Crippen LogP) is 1.41. The lowest BCUT2D eigenvalue weighted by Gasteiger charge is -2.42. The number of fused-ring (bicyclic) bond motifs is 1. The molecule has 1 fully saturated rings. The highest BCUT2D eigenvalue weighted by molar-refractivity contribution is 6.42. The summed E-state index contributed by atoms with van der Waals surface area (Å²) in [6.45, 7) is 4.40. The number of carbonyl (C=O) groups excluding carboxylic acids is 1. The molecule has 8 heteroatoms. The zero-order chi connectivity index (χ0) is 18.9. The number of aliphatic imine (C=N–C) groups is 1. The lowest BCUT2D eigenvalue weighted by molar-refractivity contribution is -0.112. The molecular formula is C18H22ClN5O2. The summed E-state index contributed by atoms with van der Waals surface area (Å²) in [5, 5.41) is 1.37. The lowest BCUT2D eigenvalue weighted by atomic mass is 9.71. The number of hydrogen-bond donors (Lipinski definition) is 4. The molecule has 0 radical (unpaired) electrons. The monoisotopic (exact) mass is 375 g/mol. The average Bonchev–Trinajstić information content (AvgIpc) is 3.05. The predicted molar refractivity (Wildman–Crippen MR) is 103 cm³/mol. The van der Waals surface area contributed by atoms with Gasteiger partial charge >= 0.3 is 0 Å². The molecule has 7 N–H and O–H groups in total. The van der Waals surface area contributed by atoms with E-state index >= 15 is 0 Å². The van der Waals surface area contributed by atoms with Gasteiger partial charge in [-0.25, -0.2) is 0 Å². The Morgan fingerprint density at radius 2 is 2.27 bits per heavy atom. The number of amides is 1. The summed E-state index contributed by atoms with van der Waals surface area (Å²) in [7, 11) is 0. The van der Waals surface area contributed by atoms with Gasteiger partial charge in [-0.15, -0.1) is 0 Å². The number of halogens is 1. The van der Waals surface area contributed by atoms with Crippen molar-refractivity contribution in [1.29, 1.82) is 0 Å². The van der Waals surface area contributed by atoms with Crippen LogP contribution in [0.5, 0.6) is 0 Å². The number of nitrogens with two attached hydrogens (primary N) is 3. The average molecular weight is 376 g/mol. The summed E-state index contributed by atoms with van der Waals surface area (Å²) in [4.78, 5) is 19.6. The first-order valence-electron chi connectivity index (χ1n) is 8.28. The molecule has 0 spiro atoms. The van der Waals surface area contributed by atoms with Crippen LogP contribution in [0.15, 0.2) is 42.0 Å². The highest BCUT2D eigenvalue weighted by Gasteiger charge is 2.48. The van der Waals surface area contributed by atoms with E-state index in [0.29, 0.717) is 30.4 Å². The number of carbonyl (C=O) groups is 1. The first kappa shape index (κ1) is 18.6. The second kappa shape index (κ2) is 7.20. The van der Waals surface area contributed by atoms with Gasteiger partial charge in [-0.3, -0.25) is 9.79 Å². The van der Waals surface area contributed by atoms with Crippen LogP contribution in [0.4, 0.5) is 0 Å². The summed E-state index contributed by atoms with van der Waals surface area (Å²) in [6, 6.07) is 6.93. The molecule has 3 unspecified atom stereocenters. The maximum Gasteiger partial charge on any atom is 0.265 e. The molecule has 1 aliphatic rings. The molecule has 1 aromatic carbocycles. The van der Waals surface area contributed by atoms with E-state index < -0.39 is 11.4 Å². The number of ether oxygens (including phenoxy) is 1. The molecule has 3 rings (SSSR count). The molecule has 0 saturated carbocycles. The number of H-pyrrole nitrogens is 1. The fourth-order valence-corrected chi connectivity index (χ4v) is 3.86. The minimum Gasteiger partial charge on any atom is -0.380 e. The molecule has 1 aromatic heterocycles. The number of aromatic nitrogens is 1. The lowest BCUT2D eigenvalue weighted by Crippen LogP contribution is -2.62. The van der Waals surface area contributed by atoms with Crippen molar-refractivity contribution in [2.24, 2.45) is 28.1 Å². The molecule has 138 valence electrons. The third-order valence-electron chi connectivity index (χ3n) is 4.89. The number of nitrogens with one attached hydrogen (secondary N) is 1. The normalized spacial score (nSPS) is 23.6. The molecule has 1 amide bonds. The maximum atomic E-state index is 12.2. The van der Waals surface area contributed by atoms with Gasteiger partial charge in [0.2, 0.25) is 0 Å². The van der Waals surface area contributed by atoms with E-state index in [1.54, 1.807) is 6.07 Å². The van der Waals surface area contributed by atoms with E-state index in [1.165, 1.54) is 6.20 Å². The van der Waals surface area contributed by atoms with Crippen LogP contribution in [-0.4, -0.2) is 35.9 Å². The number of primary amides is 1. The minimum atomic E-state index is -1.33. The van der Waals surface area contributed by atoms with Crippen molar-refractivity contribution >= 4 is 34.1 Å². The zero-order valence-corrected chi connectivity index (χ0v) is 15.0. The van der Waals surface area contributed by atoms with Gasteiger partial charge < -0.3 is 26.9 Å². The van der Waals surface area contributed by atoms with Gasteiger partial charge in [0.15, 0.2) is 0 Å². The van der Waals surface area contributed by atoms with Gasteiger partial charge in [0.25, 0.3) is 5.91 Å². The fraction of sp³-hybridized carbons (Fsp3) is 0.333. The number of nitrogens with zero attached hydrogens (tertiary/aromatic N) is 1.